The van der Waals surface area contributed by atoms with E-state index in [0.29, 0.717) is 39.7 Å². The number of carbonyl (C=O) groups is 2. The summed E-state index contributed by atoms with van der Waals surface area (Å²) in [6.07, 6.45) is 1.54. The molecule has 0 aromatic heterocycles. The fraction of sp³-hybridized carbons (Fsp3) is 0.179. The van der Waals surface area contributed by atoms with E-state index in [1.807, 2.05) is 13.0 Å². The van der Waals surface area contributed by atoms with Crippen LogP contribution in [0, 0.1) is 6.92 Å². The van der Waals surface area contributed by atoms with Crippen LogP contribution in [0.5, 0.6) is 28.7 Å². The summed E-state index contributed by atoms with van der Waals surface area (Å²) < 4.78 is 32.4. The van der Waals surface area contributed by atoms with Crippen LogP contribution < -0.4 is 23.7 Å². The molecule has 1 heterocycles. The van der Waals surface area contributed by atoms with E-state index in [9.17, 15) is 9.59 Å². The molecule has 0 aliphatic carbocycles. The highest BCUT2D eigenvalue weighted by atomic mass is 16.6. The number of cyclic esters (lactones) is 1. The van der Waals surface area contributed by atoms with Gasteiger partial charge in [0.05, 0.1) is 34.0 Å². The molecule has 0 amide bonds. The maximum Gasteiger partial charge on any atom is 0.363 e. The number of aliphatic imine (C=N–C) groups is 1. The first-order valence-corrected chi connectivity index (χ1v) is 11.2. The molecule has 0 bridgehead atoms. The van der Waals surface area contributed by atoms with Crippen LogP contribution in [-0.4, -0.2) is 46.3 Å². The van der Waals surface area contributed by atoms with Gasteiger partial charge in [-0.3, -0.25) is 0 Å². The van der Waals surface area contributed by atoms with Crippen molar-refractivity contribution in [3.8, 4) is 28.7 Å². The molecule has 190 valence electrons. The van der Waals surface area contributed by atoms with Crippen LogP contribution in [-0.2, 0) is 9.53 Å². The number of rotatable bonds is 8. The van der Waals surface area contributed by atoms with Crippen molar-refractivity contribution in [1.82, 2.24) is 0 Å². The maximum atomic E-state index is 12.6. The van der Waals surface area contributed by atoms with Crippen molar-refractivity contribution in [3.05, 3.63) is 82.5 Å². The minimum absolute atomic E-state index is 0.0790. The highest BCUT2D eigenvalue weighted by Gasteiger charge is 2.27. The Hall–Kier alpha value is -4.79. The average Bonchev–Trinajstić information content (AvgIpc) is 3.28. The predicted octanol–water partition coefficient (Wildman–Crippen LogP) is 4.59. The van der Waals surface area contributed by atoms with Crippen LogP contribution >= 0.6 is 0 Å². The number of aryl methyl sites for hydroxylation is 1. The Labute approximate surface area is 213 Å². The Morgan fingerprint density at radius 3 is 2.16 bits per heavy atom. The molecule has 0 saturated heterocycles. The van der Waals surface area contributed by atoms with E-state index in [2.05, 4.69) is 4.99 Å². The lowest BCUT2D eigenvalue weighted by Crippen LogP contribution is -2.09. The second-order valence-electron chi connectivity index (χ2n) is 7.92. The summed E-state index contributed by atoms with van der Waals surface area (Å²) in [4.78, 5) is 29.4. The average molecular weight is 504 g/mol. The summed E-state index contributed by atoms with van der Waals surface area (Å²) in [5.41, 5.74) is 2.51. The molecule has 0 saturated carbocycles. The van der Waals surface area contributed by atoms with E-state index in [1.54, 1.807) is 54.6 Å². The van der Waals surface area contributed by atoms with Crippen molar-refractivity contribution >= 4 is 23.9 Å². The van der Waals surface area contributed by atoms with Crippen LogP contribution in [0.3, 0.4) is 0 Å². The van der Waals surface area contributed by atoms with Crippen LogP contribution in [0.2, 0.25) is 0 Å². The van der Waals surface area contributed by atoms with Gasteiger partial charge in [-0.25, -0.2) is 14.6 Å². The number of hydrogen-bond donors (Lipinski definition) is 0. The molecular formula is C28H25NO8. The van der Waals surface area contributed by atoms with Crippen molar-refractivity contribution in [1.29, 1.82) is 0 Å². The minimum atomic E-state index is -0.627. The van der Waals surface area contributed by atoms with Gasteiger partial charge in [0.15, 0.2) is 28.7 Å². The van der Waals surface area contributed by atoms with Gasteiger partial charge in [-0.2, -0.15) is 0 Å². The SMILES string of the molecule is COc1cc(/C=C2\N=C(c3cc(OC)c(OC)c(OC)c3)OC2=O)ccc1OC(=O)c1cccc(C)c1. The molecule has 0 fully saturated rings. The van der Waals surface area contributed by atoms with Crippen molar-refractivity contribution in [2.24, 2.45) is 4.99 Å². The maximum absolute atomic E-state index is 12.6. The first kappa shape index (κ1) is 25.3. The summed E-state index contributed by atoms with van der Waals surface area (Å²) >= 11 is 0. The van der Waals surface area contributed by atoms with E-state index in [1.165, 1.54) is 28.4 Å². The van der Waals surface area contributed by atoms with Crippen LogP contribution in [0.4, 0.5) is 0 Å². The number of benzene rings is 3. The number of carbonyl (C=O) groups excluding carboxylic acids is 2. The van der Waals surface area contributed by atoms with Gasteiger partial charge in [-0.1, -0.05) is 23.8 Å². The molecule has 9 heteroatoms. The van der Waals surface area contributed by atoms with E-state index in [-0.39, 0.29) is 17.3 Å². The standard InChI is InChI=1S/C28H25NO8/c1-16-7-6-8-18(11-16)27(30)36-21-10-9-17(13-22(21)32-2)12-20-28(31)37-26(29-20)19-14-23(33-3)25(35-5)24(15-19)34-4/h6-15H,1-5H3/b20-12-. The molecule has 0 N–H and O–H groups in total. The van der Waals surface area contributed by atoms with Gasteiger partial charge < -0.3 is 28.4 Å². The van der Waals surface area contributed by atoms with Crippen molar-refractivity contribution in [2.45, 2.75) is 6.92 Å². The third-order valence-corrected chi connectivity index (χ3v) is 5.48. The molecule has 1 aliphatic heterocycles. The first-order chi connectivity index (χ1) is 17.9. The second kappa shape index (κ2) is 10.9. The molecule has 4 rings (SSSR count). The molecule has 0 spiro atoms. The number of hydrogen-bond acceptors (Lipinski definition) is 9. The first-order valence-electron chi connectivity index (χ1n) is 11.2. The smallest absolute Gasteiger partial charge is 0.363 e. The lowest BCUT2D eigenvalue weighted by Gasteiger charge is -2.13. The summed E-state index contributed by atoms with van der Waals surface area (Å²) in [5, 5.41) is 0. The highest BCUT2D eigenvalue weighted by molar-refractivity contribution is 6.13. The van der Waals surface area contributed by atoms with Crippen LogP contribution in [0.15, 0.2) is 65.3 Å². The van der Waals surface area contributed by atoms with E-state index in [0.717, 1.165) is 5.56 Å². The monoisotopic (exact) mass is 503 g/mol. The van der Waals surface area contributed by atoms with Gasteiger partial charge in [0.2, 0.25) is 11.6 Å². The summed E-state index contributed by atoms with van der Waals surface area (Å²) in [6.45, 7) is 1.89. The van der Waals surface area contributed by atoms with Gasteiger partial charge in [0.1, 0.15) is 0 Å². The second-order valence-corrected chi connectivity index (χ2v) is 7.92. The third kappa shape index (κ3) is 5.40. The molecule has 1 aliphatic rings. The van der Waals surface area contributed by atoms with Gasteiger partial charge in [0, 0.05) is 5.56 Å². The number of methoxy groups -OCH3 is 4. The molecule has 37 heavy (non-hydrogen) atoms. The molecule has 0 unspecified atom stereocenters. The van der Waals surface area contributed by atoms with Crippen molar-refractivity contribution in [2.75, 3.05) is 28.4 Å². The van der Waals surface area contributed by atoms with Gasteiger partial charge in [-0.05, 0) is 55.0 Å². The zero-order valence-electron chi connectivity index (χ0n) is 21.0. The lowest BCUT2D eigenvalue weighted by molar-refractivity contribution is -0.129. The fourth-order valence-electron chi connectivity index (χ4n) is 3.68. The number of esters is 2. The zero-order chi connectivity index (χ0) is 26.5. The number of ether oxygens (including phenoxy) is 6. The Balaban J connectivity index is 1.61. The molecule has 0 atom stereocenters. The quantitative estimate of drug-likeness (QED) is 0.250. The Morgan fingerprint density at radius 2 is 1.54 bits per heavy atom. The molecule has 9 nitrogen and oxygen atoms in total. The van der Waals surface area contributed by atoms with Crippen LogP contribution in [0.25, 0.3) is 6.08 Å². The van der Waals surface area contributed by atoms with Gasteiger partial charge >= 0.3 is 11.9 Å². The van der Waals surface area contributed by atoms with Crippen molar-refractivity contribution < 1.29 is 38.0 Å². The summed E-state index contributed by atoms with van der Waals surface area (Å²) in [5.74, 6) is 0.713. The Bertz CT molecular complexity index is 1400. The molecule has 3 aromatic carbocycles. The highest BCUT2D eigenvalue weighted by Crippen LogP contribution is 2.39. The largest absolute Gasteiger partial charge is 0.493 e. The topological polar surface area (TPSA) is 102 Å². The molecule has 3 aromatic rings. The third-order valence-electron chi connectivity index (χ3n) is 5.48. The Morgan fingerprint density at radius 1 is 0.838 bits per heavy atom. The summed E-state index contributed by atoms with van der Waals surface area (Å²) in [7, 11) is 5.94. The molecule has 0 radical (unpaired) electrons. The van der Waals surface area contributed by atoms with E-state index >= 15 is 0 Å². The van der Waals surface area contributed by atoms with Gasteiger partial charge in [0.25, 0.3) is 0 Å². The fourth-order valence-corrected chi connectivity index (χ4v) is 3.68. The Kier molecular flexibility index (Phi) is 7.43. The summed E-state index contributed by atoms with van der Waals surface area (Å²) in [6, 6.07) is 15.3. The normalized spacial score (nSPS) is 13.6. The van der Waals surface area contributed by atoms with Gasteiger partial charge in [-0.15, -0.1) is 0 Å². The number of nitrogens with zero attached hydrogens (tertiary/aromatic N) is 1. The van der Waals surface area contributed by atoms with Crippen molar-refractivity contribution in [3.63, 3.8) is 0 Å². The van der Waals surface area contributed by atoms with Crippen LogP contribution in [0.1, 0.15) is 27.0 Å². The predicted molar refractivity (Wildman–Crippen MR) is 136 cm³/mol. The minimum Gasteiger partial charge on any atom is -0.493 e. The molecular weight excluding hydrogens is 478 g/mol. The van der Waals surface area contributed by atoms with E-state index < -0.39 is 11.9 Å². The lowest BCUT2D eigenvalue weighted by atomic mass is 10.1. The van der Waals surface area contributed by atoms with E-state index in [4.69, 9.17) is 28.4 Å². The zero-order valence-corrected chi connectivity index (χ0v) is 21.0.